The van der Waals surface area contributed by atoms with E-state index in [2.05, 4.69) is 5.32 Å². The molecule has 0 aromatic heterocycles. The van der Waals surface area contributed by atoms with Gasteiger partial charge < -0.3 is 14.8 Å². The standard InChI is InChI=1S/C18H23NO5/c1-3-23-17(21)10-16(14-8-9-14)24-18(22)15-6-4-13(5-7-15)11-19-12(2)20/h4-7,14,16H,3,8-11H2,1-2H3,(H,19,20)/t16-/m1/s1. The molecule has 130 valence electrons. The van der Waals surface area contributed by atoms with Crippen molar-refractivity contribution in [3.63, 3.8) is 0 Å². The number of amides is 1. The second kappa shape index (κ2) is 8.47. The Kier molecular flexibility index (Phi) is 6.35. The Bertz CT molecular complexity index is 592. The van der Waals surface area contributed by atoms with E-state index in [9.17, 15) is 14.4 Å². The van der Waals surface area contributed by atoms with Crippen molar-refractivity contribution >= 4 is 17.8 Å². The molecule has 6 heteroatoms. The van der Waals surface area contributed by atoms with Gasteiger partial charge in [0.2, 0.25) is 5.91 Å². The zero-order chi connectivity index (χ0) is 17.5. The second-order valence-electron chi connectivity index (χ2n) is 5.90. The number of ether oxygens (including phenoxy) is 2. The van der Waals surface area contributed by atoms with E-state index in [-0.39, 0.29) is 24.2 Å². The third kappa shape index (κ3) is 5.68. The summed E-state index contributed by atoms with van der Waals surface area (Å²) in [6.45, 7) is 3.93. The number of benzene rings is 1. The van der Waals surface area contributed by atoms with Crippen molar-refractivity contribution < 1.29 is 23.9 Å². The van der Waals surface area contributed by atoms with Crippen molar-refractivity contribution in [3.8, 4) is 0 Å². The Labute approximate surface area is 141 Å². The van der Waals surface area contributed by atoms with Gasteiger partial charge in [0.15, 0.2) is 0 Å². The Morgan fingerprint density at radius 2 is 1.88 bits per heavy atom. The van der Waals surface area contributed by atoms with Gasteiger partial charge in [-0.05, 0) is 43.4 Å². The van der Waals surface area contributed by atoms with Crippen LogP contribution in [0.3, 0.4) is 0 Å². The van der Waals surface area contributed by atoms with Crippen LogP contribution in [-0.4, -0.2) is 30.6 Å². The molecule has 1 amide bonds. The zero-order valence-electron chi connectivity index (χ0n) is 14.0. The number of hydrogen-bond donors (Lipinski definition) is 1. The van der Waals surface area contributed by atoms with Gasteiger partial charge >= 0.3 is 11.9 Å². The zero-order valence-corrected chi connectivity index (χ0v) is 14.0. The van der Waals surface area contributed by atoms with Gasteiger partial charge in [-0.15, -0.1) is 0 Å². The molecule has 0 aliphatic heterocycles. The van der Waals surface area contributed by atoms with Crippen molar-refractivity contribution in [2.75, 3.05) is 6.61 Å². The fraction of sp³-hybridized carbons (Fsp3) is 0.500. The van der Waals surface area contributed by atoms with E-state index in [1.807, 2.05) is 0 Å². The lowest BCUT2D eigenvalue weighted by atomic mass is 10.1. The van der Waals surface area contributed by atoms with Crippen LogP contribution in [0.5, 0.6) is 0 Å². The summed E-state index contributed by atoms with van der Waals surface area (Å²) in [4.78, 5) is 34.8. The van der Waals surface area contributed by atoms with Crippen molar-refractivity contribution in [1.29, 1.82) is 0 Å². The second-order valence-corrected chi connectivity index (χ2v) is 5.90. The molecule has 0 unspecified atom stereocenters. The van der Waals surface area contributed by atoms with Crippen LogP contribution in [0, 0.1) is 5.92 Å². The van der Waals surface area contributed by atoms with Crippen LogP contribution in [-0.2, 0) is 25.6 Å². The van der Waals surface area contributed by atoms with Crippen LogP contribution in [0.15, 0.2) is 24.3 Å². The third-order valence-corrected chi connectivity index (χ3v) is 3.81. The predicted molar refractivity (Wildman–Crippen MR) is 87.1 cm³/mol. The fourth-order valence-corrected chi connectivity index (χ4v) is 2.35. The lowest BCUT2D eigenvalue weighted by Crippen LogP contribution is -2.25. The minimum absolute atomic E-state index is 0.102. The molecule has 1 aromatic carbocycles. The maximum Gasteiger partial charge on any atom is 0.338 e. The van der Waals surface area contributed by atoms with Crippen LogP contribution in [0.25, 0.3) is 0 Å². The highest BCUT2D eigenvalue weighted by Gasteiger charge is 2.36. The molecule has 6 nitrogen and oxygen atoms in total. The van der Waals surface area contributed by atoms with E-state index in [1.165, 1.54) is 6.92 Å². The van der Waals surface area contributed by atoms with Crippen molar-refractivity contribution in [2.24, 2.45) is 5.92 Å². The number of hydrogen-bond acceptors (Lipinski definition) is 5. The van der Waals surface area contributed by atoms with Crippen molar-refractivity contribution in [2.45, 2.75) is 45.8 Å². The first kappa shape index (κ1) is 18.0. The molecule has 1 aliphatic rings. The SMILES string of the molecule is CCOC(=O)C[C@@H](OC(=O)c1ccc(CNC(C)=O)cc1)C1CC1. The first-order chi connectivity index (χ1) is 11.5. The number of carbonyl (C=O) groups is 3. The van der Waals surface area contributed by atoms with E-state index in [1.54, 1.807) is 31.2 Å². The van der Waals surface area contributed by atoms with Gasteiger partial charge in [-0.3, -0.25) is 9.59 Å². The molecule has 2 rings (SSSR count). The molecular weight excluding hydrogens is 310 g/mol. The van der Waals surface area contributed by atoms with Gasteiger partial charge in [0.1, 0.15) is 6.10 Å². The van der Waals surface area contributed by atoms with Crippen LogP contribution in [0.4, 0.5) is 0 Å². The molecule has 1 atom stereocenters. The summed E-state index contributed by atoms with van der Waals surface area (Å²) >= 11 is 0. The van der Waals surface area contributed by atoms with Gasteiger partial charge in [0.05, 0.1) is 18.6 Å². The molecule has 0 heterocycles. The normalized spacial score (nSPS) is 14.6. The molecule has 0 spiro atoms. The summed E-state index contributed by atoms with van der Waals surface area (Å²) in [6, 6.07) is 6.86. The lowest BCUT2D eigenvalue weighted by molar-refractivity contribution is -0.145. The van der Waals surface area contributed by atoms with Crippen LogP contribution < -0.4 is 5.32 Å². The van der Waals surface area contributed by atoms with Crippen LogP contribution in [0.2, 0.25) is 0 Å². The molecule has 1 N–H and O–H groups in total. The molecule has 1 fully saturated rings. The quantitative estimate of drug-likeness (QED) is 0.738. The summed E-state index contributed by atoms with van der Waals surface area (Å²) in [5, 5.41) is 2.69. The monoisotopic (exact) mass is 333 g/mol. The Morgan fingerprint density at radius 3 is 2.42 bits per heavy atom. The van der Waals surface area contributed by atoms with E-state index >= 15 is 0 Å². The Morgan fingerprint density at radius 1 is 1.21 bits per heavy atom. The average molecular weight is 333 g/mol. The van der Waals surface area contributed by atoms with Gasteiger partial charge in [-0.25, -0.2) is 4.79 Å². The van der Waals surface area contributed by atoms with Crippen molar-refractivity contribution in [1.82, 2.24) is 5.32 Å². The van der Waals surface area contributed by atoms with Gasteiger partial charge in [-0.2, -0.15) is 0 Å². The van der Waals surface area contributed by atoms with E-state index < -0.39 is 12.1 Å². The lowest BCUT2D eigenvalue weighted by Gasteiger charge is -2.16. The summed E-state index contributed by atoms with van der Waals surface area (Å²) in [6.07, 6.45) is 1.61. The van der Waals surface area contributed by atoms with E-state index in [4.69, 9.17) is 9.47 Å². The van der Waals surface area contributed by atoms with Gasteiger partial charge in [0, 0.05) is 13.5 Å². The van der Waals surface area contributed by atoms with Crippen LogP contribution >= 0.6 is 0 Å². The summed E-state index contributed by atoms with van der Waals surface area (Å²) in [5.41, 5.74) is 1.32. The molecular formula is C18H23NO5. The first-order valence-corrected chi connectivity index (χ1v) is 8.19. The largest absolute Gasteiger partial charge is 0.466 e. The molecule has 0 bridgehead atoms. The molecule has 1 saturated carbocycles. The summed E-state index contributed by atoms with van der Waals surface area (Å²) in [7, 11) is 0. The minimum atomic E-state index is -0.442. The average Bonchev–Trinajstić information content (AvgIpc) is 3.38. The van der Waals surface area contributed by atoms with Crippen LogP contribution in [0.1, 0.15) is 49.0 Å². The third-order valence-electron chi connectivity index (χ3n) is 3.81. The molecule has 0 radical (unpaired) electrons. The number of rotatable bonds is 8. The van der Waals surface area contributed by atoms with E-state index in [0.717, 1.165) is 18.4 Å². The first-order valence-electron chi connectivity index (χ1n) is 8.19. The highest BCUT2D eigenvalue weighted by Crippen LogP contribution is 2.36. The summed E-state index contributed by atoms with van der Waals surface area (Å²) < 4.78 is 10.4. The maximum absolute atomic E-state index is 12.3. The highest BCUT2D eigenvalue weighted by atomic mass is 16.6. The maximum atomic E-state index is 12.3. The van der Waals surface area contributed by atoms with Gasteiger partial charge in [-0.1, -0.05) is 12.1 Å². The molecule has 0 saturated heterocycles. The Hall–Kier alpha value is -2.37. The summed E-state index contributed by atoms with van der Waals surface area (Å²) in [5.74, 6) is -0.641. The Balaban J connectivity index is 1.91. The molecule has 24 heavy (non-hydrogen) atoms. The number of esters is 2. The van der Waals surface area contributed by atoms with E-state index in [0.29, 0.717) is 18.7 Å². The number of nitrogens with one attached hydrogen (secondary N) is 1. The minimum Gasteiger partial charge on any atom is -0.466 e. The highest BCUT2D eigenvalue weighted by molar-refractivity contribution is 5.89. The predicted octanol–water partition coefficient (Wildman–Crippen LogP) is 2.21. The van der Waals surface area contributed by atoms with Gasteiger partial charge in [0.25, 0.3) is 0 Å². The molecule has 1 aliphatic carbocycles. The van der Waals surface area contributed by atoms with Crippen molar-refractivity contribution in [3.05, 3.63) is 35.4 Å². The fourth-order valence-electron chi connectivity index (χ4n) is 2.35. The topological polar surface area (TPSA) is 81.7 Å². The smallest absolute Gasteiger partial charge is 0.338 e. The molecule has 1 aromatic rings. The number of carbonyl (C=O) groups excluding carboxylic acids is 3.